The number of ether oxygens (including phenoxy) is 1. The van der Waals surface area contributed by atoms with E-state index in [1.54, 1.807) is 4.90 Å². The molecule has 1 saturated carbocycles. The summed E-state index contributed by atoms with van der Waals surface area (Å²) in [5.41, 5.74) is 0. The number of hydrogen-bond donors (Lipinski definition) is 2. The molecule has 0 aromatic heterocycles. The Balaban J connectivity index is 1.85. The zero-order chi connectivity index (χ0) is 13.8. The van der Waals surface area contributed by atoms with Crippen LogP contribution in [0.25, 0.3) is 0 Å². The fourth-order valence-electron chi connectivity index (χ4n) is 2.42. The van der Waals surface area contributed by atoms with Gasteiger partial charge in [-0.1, -0.05) is 6.92 Å². The Kier molecular flexibility index (Phi) is 4.63. The van der Waals surface area contributed by atoms with E-state index in [-0.39, 0.29) is 24.6 Å². The van der Waals surface area contributed by atoms with E-state index < -0.39 is 5.97 Å². The Labute approximate surface area is 113 Å². The number of hydrogen-bond acceptors (Lipinski definition) is 3. The number of carbonyl (C=O) groups excluding carboxylic acids is 1. The van der Waals surface area contributed by atoms with Crippen LogP contribution in [0.5, 0.6) is 0 Å². The summed E-state index contributed by atoms with van der Waals surface area (Å²) in [6, 6.07) is -0.382. The second kappa shape index (κ2) is 6.23. The summed E-state index contributed by atoms with van der Waals surface area (Å²) in [5, 5.41) is 11.8. The van der Waals surface area contributed by atoms with Gasteiger partial charge in [0.25, 0.3) is 0 Å². The van der Waals surface area contributed by atoms with Crippen molar-refractivity contribution in [3.8, 4) is 0 Å². The highest BCUT2D eigenvalue weighted by Gasteiger charge is 2.35. The molecule has 0 spiro atoms. The Morgan fingerprint density at radius 2 is 2.21 bits per heavy atom. The van der Waals surface area contributed by atoms with Crippen LogP contribution in [0.4, 0.5) is 4.79 Å². The van der Waals surface area contributed by atoms with Gasteiger partial charge in [0.1, 0.15) is 0 Å². The first kappa shape index (κ1) is 14.1. The first-order valence-electron chi connectivity index (χ1n) is 6.99. The lowest BCUT2D eigenvalue weighted by atomic mass is 10.1. The van der Waals surface area contributed by atoms with Crippen molar-refractivity contribution in [2.75, 3.05) is 19.7 Å². The molecule has 1 heterocycles. The molecular formula is C13H22N2O4. The topological polar surface area (TPSA) is 78.9 Å². The minimum absolute atomic E-state index is 0.0119. The van der Waals surface area contributed by atoms with Crippen molar-refractivity contribution >= 4 is 12.0 Å². The van der Waals surface area contributed by atoms with Crippen molar-refractivity contribution in [3.63, 3.8) is 0 Å². The molecule has 1 saturated heterocycles. The molecule has 0 radical (unpaired) electrons. The summed E-state index contributed by atoms with van der Waals surface area (Å²) in [7, 11) is 0. The number of nitrogens with zero attached hydrogens (tertiary/aromatic N) is 1. The van der Waals surface area contributed by atoms with Gasteiger partial charge < -0.3 is 20.1 Å². The van der Waals surface area contributed by atoms with E-state index in [1.807, 2.05) is 6.92 Å². The average molecular weight is 270 g/mol. The zero-order valence-corrected chi connectivity index (χ0v) is 11.3. The summed E-state index contributed by atoms with van der Waals surface area (Å²) in [4.78, 5) is 24.7. The fourth-order valence-corrected chi connectivity index (χ4v) is 2.42. The van der Waals surface area contributed by atoms with Crippen molar-refractivity contribution in [2.45, 2.75) is 44.8 Å². The van der Waals surface area contributed by atoms with Crippen molar-refractivity contribution in [2.24, 2.45) is 5.92 Å². The molecule has 1 aliphatic heterocycles. The molecule has 2 amide bonds. The van der Waals surface area contributed by atoms with Crippen molar-refractivity contribution in [1.82, 2.24) is 10.2 Å². The van der Waals surface area contributed by atoms with Crippen molar-refractivity contribution < 1.29 is 19.4 Å². The van der Waals surface area contributed by atoms with Crippen LogP contribution in [-0.2, 0) is 9.53 Å². The predicted molar refractivity (Wildman–Crippen MR) is 68.9 cm³/mol. The van der Waals surface area contributed by atoms with Gasteiger partial charge >= 0.3 is 12.0 Å². The third-order valence-electron chi connectivity index (χ3n) is 3.78. The third kappa shape index (κ3) is 4.09. The summed E-state index contributed by atoms with van der Waals surface area (Å²) in [6.45, 7) is 3.75. The maximum Gasteiger partial charge on any atom is 0.317 e. The highest BCUT2D eigenvalue weighted by atomic mass is 16.5. The number of aliphatic carboxylic acids is 1. The Hall–Kier alpha value is -1.30. The van der Waals surface area contributed by atoms with E-state index >= 15 is 0 Å². The van der Waals surface area contributed by atoms with E-state index in [0.717, 1.165) is 19.3 Å². The van der Waals surface area contributed by atoms with E-state index in [2.05, 4.69) is 5.32 Å². The lowest BCUT2D eigenvalue weighted by molar-refractivity contribution is -0.137. The second-order valence-electron chi connectivity index (χ2n) is 5.34. The van der Waals surface area contributed by atoms with Crippen LogP contribution < -0.4 is 5.32 Å². The lowest BCUT2D eigenvalue weighted by Gasteiger charge is -2.33. The Bertz CT molecular complexity index is 344. The average Bonchev–Trinajstić information content (AvgIpc) is 3.21. The smallest absolute Gasteiger partial charge is 0.317 e. The van der Waals surface area contributed by atoms with Crippen LogP contribution in [0.15, 0.2) is 0 Å². The van der Waals surface area contributed by atoms with E-state index in [9.17, 15) is 9.59 Å². The third-order valence-corrected chi connectivity index (χ3v) is 3.78. The molecule has 0 bridgehead atoms. The molecular weight excluding hydrogens is 248 g/mol. The number of carboxylic acids is 1. The Morgan fingerprint density at radius 3 is 2.79 bits per heavy atom. The van der Waals surface area contributed by atoms with Gasteiger partial charge in [-0.3, -0.25) is 4.79 Å². The molecule has 0 aromatic carbocycles. The molecule has 19 heavy (non-hydrogen) atoms. The first-order valence-corrected chi connectivity index (χ1v) is 6.99. The van der Waals surface area contributed by atoms with Crippen LogP contribution in [0, 0.1) is 5.92 Å². The zero-order valence-electron chi connectivity index (χ0n) is 11.3. The number of urea groups is 1. The molecule has 6 heteroatoms. The molecule has 0 aromatic rings. The standard InChI is InChI=1S/C13H22N2O4/c1-2-10-8-15(5-6-19-10)13(18)14-11(7-12(16)17)9-3-4-9/h9-11H,2-8H2,1H3,(H,14,18)(H,16,17). The molecule has 2 rings (SSSR count). The molecule has 2 aliphatic rings. The minimum atomic E-state index is -0.856. The van der Waals surface area contributed by atoms with Crippen LogP contribution in [0.1, 0.15) is 32.6 Å². The monoisotopic (exact) mass is 270 g/mol. The predicted octanol–water partition coefficient (Wildman–Crippen LogP) is 1.06. The maximum absolute atomic E-state index is 12.2. The maximum atomic E-state index is 12.2. The highest BCUT2D eigenvalue weighted by Crippen LogP contribution is 2.34. The molecule has 2 atom stereocenters. The number of nitrogens with one attached hydrogen (secondary N) is 1. The van der Waals surface area contributed by atoms with E-state index in [1.165, 1.54) is 0 Å². The quantitative estimate of drug-likeness (QED) is 0.783. The fraction of sp³-hybridized carbons (Fsp3) is 0.846. The lowest BCUT2D eigenvalue weighted by Crippen LogP contribution is -2.52. The van der Waals surface area contributed by atoms with Gasteiger partial charge in [-0.25, -0.2) is 4.79 Å². The second-order valence-corrected chi connectivity index (χ2v) is 5.34. The molecule has 1 aliphatic carbocycles. The van der Waals surface area contributed by atoms with Crippen molar-refractivity contribution in [1.29, 1.82) is 0 Å². The summed E-state index contributed by atoms with van der Waals surface area (Å²) >= 11 is 0. The molecule has 6 nitrogen and oxygen atoms in total. The van der Waals surface area contributed by atoms with Crippen LogP contribution >= 0.6 is 0 Å². The number of carbonyl (C=O) groups is 2. The first-order chi connectivity index (χ1) is 9.10. The summed E-state index contributed by atoms with van der Waals surface area (Å²) in [5.74, 6) is -0.520. The SMILES string of the molecule is CCC1CN(C(=O)NC(CC(=O)O)C2CC2)CCO1. The van der Waals surface area contributed by atoms with Crippen LogP contribution in [-0.4, -0.2) is 53.8 Å². The van der Waals surface area contributed by atoms with E-state index in [0.29, 0.717) is 25.6 Å². The Morgan fingerprint density at radius 1 is 1.47 bits per heavy atom. The normalized spacial score (nSPS) is 24.9. The molecule has 108 valence electrons. The van der Waals surface area contributed by atoms with Gasteiger partial charge in [0.05, 0.1) is 19.1 Å². The molecule has 2 N–H and O–H groups in total. The number of amides is 2. The number of rotatable bonds is 5. The molecule has 2 fully saturated rings. The van der Waals surface area contributed by atoms with Crippen LogP contribution in [0.3, 0.4) is 0 Å². The number of morpholine rings is 1. The van der Waals surface area contributed by atoms with Crippen LogP contribution in [0.2, 0.25) is 0 Å². The highest BCUT2D eigenvalue weighted by molar-refractivity contribution is 5.76. The summed E-state index contributed by atoms with van der Waals surface area (Å²) in [6.07, 6.45) is 3.01. The minimum Gasteiger partial charge on any atom is -0.481 e. The van der Waals surface area contributed by atoms with Gasteiger partial charge in [-0.15, -0.1) is 0 Å². The largest absolute Gasteiger partial charge is 0.481 e. The summed E-state index contributed by atoms with van der Waals surface area (Å²) < 4.78 is 5.52. The van der Waals surface area contributed by atoms with Gasteiger partial charge in [-0.05, 0) is 25.2 Å². The van der Waals surface area contributed by atoms with E-state index in [4.69, 9.17) is 9.84 Å². The van der Waals surface area contributed by atoms with Gasteiger partial charge in [0.2, 0.25) is 0 Å². The molecule has 2 unspecified atom stereocenters. The van der Waals surface area contributed by atoms with Gasteiger partial charge in [-0.2, -0.15) is 0 Å². The van der Waals surface area contributed by atoms with Gasteiger partial charge in [0.15, 0.2) is 0 Å². The van der Waals surface area contributed by atoms with Crippen molar-refractivity contribution in [3.05, 3.63) is 0 Å². The number of carboxylic acid groups (broad SMARTS) is 1. The van der Waals surface area contributed by atoms with Gasteiger partial charge in [0, 0.05) is 19.1 Å².